The highest BCUT2D eigenvalue weighted by Gasteiger charge is 2.12. The van der Waals surface area contributed by atoms with Crippen LogP contribution in [-0.2, 0) is 4.79 Å². The lowest BCUT2D eigenvalue weighted by Crippen LogP contribution is -2.21. The van der Waals surface area contributed by atoms with Gasteiger partial charge in [0, 0.05) is 17.8 Å². The molecule has 0 aliphatic heterocycles. The average Bonchev–Trinajstić information content (AvgIpc) is 2.28. The van der Waals surface area contributed by atoms with E-state index >= 15 is 0 Å². The molecule has 6 heteroatoms. The third kappa shape index (κ3) is 3.30. The van der Waals surface area contributed by atoms with Gasteiger partial charge in [0.1, 0.15) is 0 Å². The van der Waals surface area contributed by atoms with Crippen molar-refractivity contribution in [2.24, 2.45) is 0 Å². The minimum Gasteiger partial charge on any atom is -0.325 e. The highest BCUT2D eigenvalue weighted by atomic mass is 79.9. The Labute approximate surface area is 101 Å². The molecule has 0 fully saturated rings. The maximum absolute atomic E-state index is 11.5. The van der Waals surface area contributed by atoms with Crippen molar-refractivity contribution in [2.45, 2.75) is 18.2 Å². The lowest BCUT2D eigenvalue weighted by atomic mass is 10.2. The van der Waals surface area contributed by atoms with Crippen LogP contribution in [0.25, 0.3) is 0 Å². The number of nitro benzene ring substituents is 1. The van der Waals surface area contributed by atoms with Crippen molar-refractivity contribution in [3.05, 3.63) is 34.4 Å². The normalized spacial score (nSPS) is 11.9. The molecule has 0 bridgehead atoms. The topological polar surface area (TPSA) is 72.2 Å². The molecule has 0 spiro atoms. The van der Waals surface area contributed by atoms with Crippen molar-refractivity contribution in [1.82, 2.24) is 0 Å². The highest BCUT2D eigenvalue weighted by Crippen LogP contribution is 2.16. The van der Waals surface area contributed by atoms with Crippen molar-refractivity contribution in [1.29, 1.82) is 0 Å². The number of nitro groups is 1. The minimum absolute atomic E-state index is 0.00360. The summed E-state index contributed by atoms with van der Waals surface area (Å²) in [5.41, 5.74) is 0.553. The Morgan fingerprint density at radius 3 is 2.50 bits per heavy atom. The Hall–Kier alpha value is -1.43. The maximum Gasteiger partial charge on any atom is 0.269 e. The number of benzene rings is 1. The van der Waals surface area contributed by atoms with Gasteiger partial charge >= 0.3 is 0 Å². The molecule has 0 aliphatic carbocycles. The van der Waals surface area contributed by atoms with Crippen molar-refractivity contribution in [2.75, 3.05) is 5.32 Å². The second-order valence-electron chi connectivity index (χ2n) is 3.17. The number of anilines is 1. The Bertz CT molecular complexity index is 392. The van der Waals surface area contributed by atoms with Crippen LogP contribution in [0.15, 0.2) is 24.3 Å². The minimum atomic E-state index is -0.481. The predicted octanol–water partition coefficient (Wildman–Crippen LogP) is 2.71. The molecular weight excluding hydrogens is 276 g/mol. The molecule has 16 heavy (non-hydrogen) atoms. The summed E-state index contributed by atoms with van der Waals surface area (Å²) in [6, 6.07) is 5.71. The van der Waals surface area contributed by atoms with Crippen molar-refractivity contribution < 1.29 is 9.72 Å². The number of carbonyl (C=O) groups excluding carboxylic acids is 1. The van der Waals surface area contributed by atoms with Crippen LogP contribution in [0.2, 0.25) is 0 Å². The number of nitrogens with zero attached hydrogens (tertiary/aromatic N) is 1. The summed E-state index contributed by atoms with van der Waals surface area (Å²) in [5.74, 6) is -0.156. The number of halogens is 1. The molecule has 1 amide bonds. The van der Waals surface area contributed by atoms with Crippen LogP contribution in [0, 0.1) is 10.1 Å². The monoisotopic (exact) mass is 286 g/mol. The Morgan fingerprint density at radius 1 is 1.50 bits per heavy atom. The SMILES string of the molecule is CC[C@H](Br)C(=O)Nc1ccc([N+](=O)[O-])cc1. The van der Waals surface area contributed by atoms with Crippen LogP contribution in [0.3, 0.4) is 0 Å². The van der Waals surface area contributed by atoms with Crippen molar-refractivity contribution in [3.63, 3.8) is 0 Å². The number of amides is 1. The molecule has 0 radical (unpaired) electrons. The Kier molecular flexibility index (Phi) is 4.42. The van der Waals surface area contributed by atoms with Gasteiger partial charge in [-0.15, -0.1) is 0 Å². The zero-order chi connectivity index (χ0) is 12.1. The summed E-state index contributed by atoms with van der Waals surface area (Å²) in [6.07, 6.45) is 0.679. The van der Waals surface area contributed by atoms with Crippen LogP contribution < -0.4 is 5.32 Å². The van der Waals surface area contributed by atoms with E-state index in [2.05, 4.69) is 21.2 Å². The van der Waals surface area contributed by atoms with Gasteiger partial charge in [-0.25, -0.2) is 0 Å². The first-order chi connectivity index (χ1) is 7.54. The van der Waals surface area contributed by atoms with Gasteiger partial charge in [-0.3, -0.25) is 14.9 Å². The lowest BCUT2D eigenvalue weighted by Gasteiger charge is -2.08. The van der Waals surface area contributed by atoms with E-state index in [-0.39, 0.29) is 16.4 Å². The fourth-order valence-corrected chi connectivity index (χ4v) is 1.19. The third-order valence-corrected chi connectivity index (χ3v) is 3.05. The molecule has 86 valence electrons. The molecule has 0 saturated heterocycles. The summed E-state index contributed by atoms with van der Waals surface area (Å²) in [4.78, 5) is 21.1. The van der Waals surface area contributed by atoms with Crippen LogP contribution >= 0.6 is 15.9 Å². The molecule has 1 aromatic carbocycles. The van der Waals surface area contributed by atoms with Gasteiger partial charge in [0.25, 0.3) is 5.69 Å². The highest BCUT2D eigenvalue weighted by molar-refractivity contribution is 9.10. The number of non-ortho nitro benzene ring substituents is 1. The quantitative estimate of drug-likeness (QED) is 0.525. The average molecular weight is 287 g/mol. The van der Waals surface area contributed by atoms with Crippen LogP contribution in [-0.4, -0.2) is 15.7 Å². The Balaban J connectivity index is 2.69. The van der Waals surface area contributed by atoms with E-state index in [4.69, 9.17) is 0 Å². The number of rotatable bonds is 4. The van der Waals surface area contributed by atoms with E-state index in [0.29, 0.717) is 12.1 Å². The van der Waals surface area contributed by atoms with Gasteiger partial charge in [0.15, 0.2) is 0 Å². The molecule has 1 rings (SSSR count). The van der Waals surface area contributed by atoms with Gasteiger partial charge in [-0.2, -0.15) is 0 Å². The molecule has 1 N–H and O–H groups in total. The van der Waals surface area contributed by atoms with E-state index < -0.39 is 4.92 Å². The van der Waals surface area contributed by atoms with Crippen LogP contribution in [0.4, 0.5) is 11.4 Å². The smallest absolute Gasteiger partial charge is 0.269 e. The van der Waals surface area contributed by atoms with E-state index in [1.54, 1.807) is 0 Å². The van der Waals surface area contributed by atoms with Gasteiger partial charge < -0.3 is 5.32 Å². The zero-order valence-electron chi connectivity index (χ0n) is 8.64. The molecule has 1 atom stereocenters. The molecule has 0 unspecified atom stereocenters. The fourth-order valence-electron chi connectivity index (χ4n) is 1.07. The third-order valence-electron chi connectivity index (χ3n) is 1.99. The first-order valence-corrected chi connectivity index (χ1v) is 5.65. The fraction of sp³-hybridized carbons (Fsp3) is 0.300. The van der Waals surface area contributed by atoms with Crippen LogP contribution in [0.1, 0.15) is 13.3 Å². The summed E-state index contributed by atoms with van der Waals surface area (Å²) < 4.78 is 0. The molecule has 0 aliphatic rings. The summed E-state index contributed by atoms with van der Waals surface area (Å²) in [7, 11) is 0. The number of hydrogen-bond donors (Lipinski definition) is 1. The number of carbonyl (C=O) groups is 1. The van der Waals surface area contributed by atoms with Gasteiger partial charge in [-0.05, 0) is 18.6 Å². The molecular formula is C10H11BrN2O3. The predicted molar refractivity (Wildman–Crippen MR) is 64.7 cm³/mol. The zero-order valence-corrected chi connectivity index (χ0v) is 10.2. The molecule has 1 aromatic rings. The van der Waals surface area contributed by atoms with E-state index in [0.717, 1.165) is 0 Å². The van der Waals surface area contributed by atoms with Crippen molar-refractivity contribution >= 4 is 33.2 Å². The summed E-state index contributed by atoms with van der Waals surface area (Å²) >= 11 is 3.22. The van der Waals surface area contributed by atoms with E-state index in [1.807, 2.05) is 6.92 Å². The number of nitrogens with one attached hydrogen (secondary N) is 1. The van der Waals surface area contributed by atoms with Gasteiger partial charge in [0.05, 0.1) is 9.75 Å². The maximum atomic E-state index is 11.5. The number of alkyl halides is 1. The van der Waals surface area contributed by atoms with Crippen molar-refractivity contribution in [3.8, 4) is 0 Å². The summed E-state index contributed by atoms with van der Waals surface area (Å²) in [6.45, 7) is 1.88. The first-order valence-electron chi connectivity index (χ1n) is 4.74. The van der Waals surface area contributed by atoms with E-state index in [1.165, 1.54) is 24.3 Å². The first kappa shape index (κ1) is 12.6. The van der Waals surface area contributed by atoms with Gasteiger partial charge in [0.2, 0.25) is 5.91 Å². The standard InChI is InChI=1S/C10H11BrN2O3/c1-2-9(11)10(14)12-7-3-5-8(6-4-7)13(15)16/h3-6,9H,2H2,1H3,(H,12,14)/t9-/m0/s1. The Morgan fingerprint density at radius 2 is 2.06 bits per heavy atom. The molecule has 0 heterocycles. The molecule has 0 aromatic heterocycles. The molecule has 0 saturated carbocycles. The second kappa shape index (κ2) is 5.60. The second-order valence-corrected chi connectivity index (χ2v) is 4.27. The molecule has 5 nitrogen and oxygen atoms in total. The lowest BCUT2D eigenvalue weighted by molar-refractivity contribution is -0.384. The summed E-state index contributed by atoms with van der Waals surface area (Å²) in [5, 5.41) is 13.1. The van der Waals surface area contributed by atoms with Gasteiger partial charge in [-0.1, -0.05) is 22.9 Å². The largest absolute Gasteiger partial charge is 0.325 e. The van der Waals surface area contributed by atoms with E-state index in [9.17, 15) is 14.9 Å². The number of hydrogen-bond acceptors (Lipinski definition) is 3. The van der Waals surface area contributed by atoms with Crippen LogP contribution in [0.5, 0.6) is 0 Å².